The van der Waals surface area contributed by atoms with E-state index in [0.29, 0.717) is 0 Å². The quantitative estimate of drug-likeness (QED) is 0.829. The molecule has 0 radical (unpaired) electrons. The van der Waals surface area contributed by atoms with Gasteiger partial charge in [0, 0.05) is 6.42 Å². The molecule has 0 aliphatic rings. The van der Waals surface area contributed by atoms with Crippen LogP contribution in [0.4, 0.5) is 5.69 Å². The van der Waals surface area contributed by atoms with E-state index in [1.165, 1.54) is 18.2 Å². The van der Waals surface area contributed by atoms with E-state index in [9.17, 15) is 18.3 Å². The Morgan fingerprint density at radius 2 is 1.82 bits per heavy atom. The minimum absolute atomic E-state index is 0.0423. The van der Waals surface area contributed by atoms with Gasteiger partial charge < -0.3 is 10.4 Å². The molecule has 0 saturated carbocycles. The van der Waals surface area contributed by atoms with Crippen LogP contribution in [0.5, 0.6) is 5.75 Å². The van der Waals surface area contributed by atoms with Crippen LogP contribution in [-0.4, -0.2) is 25.2 Å². The summed E-state index contributed by atoms with van der Waals surface area (Å²) in [7, 11) is -3.49. The maximum atomic E-state index is 12.1. The molecule has 2 aromatic carbocycles. The lowest BCUT2D eigenvalue weighted by atomic mass is 10.2. The zero-order chi connectivity index (χ0) is 16.2. The number of nitrogens with one attached hydrogen (secondary N) is 1. The van der Waals surface area contributed by atoms with Gasteiger partial charge in [-0.15, -0.1) is 0 Å². The molecule has 2 N–H and O–H groups in total. The number of phenolic OH excluding ortho intramolecular Hbond substituents is 1. The molecule has 1 amide bonds. The fraction of sp³-hybridized carbons (Fsp3) is 0.188. The summed E-state index contributed by atoms with van der Waals surface area (Å²) in [5.41, 5.74) is 1.13. The number of sulfone groups is 1. The molecule has 22 heavy (non-hydrogen) atoms. The minimum Gasteiger partial charge on any atom is -0.506 e. The molecular weight excluding hydrogens is 302 g/mol. The Morgan fingerprint density at radius 3 is 2.45 bits per heavy atom. The van der Waals surface area contributed by atoms with Crippen molar-refractivity contribution in [1.29, 1.82) is 0 Å². The zero-order valence-electron chi connectivity index (χ0n) is 12.1. The van der Waals surface area contributed by atoms with E-state index < -0.39 is 15.7 Å². The molecule has 0 aliphatic heterocycles. The van der Waals surface area contributed by atoms with Gasteiger partial charge in [-0.25, -0.2) is 8.42 Å². The summed E-state index contributed by atoms with van der Waals surface area (Å²) in [6.07, 6.45) is -0.176. The first kappa shape index (κ1) is 16.0. The minimum atomic E-state index is -3.49. The van der Waals surface area contributed by atoms with Crippen LogP contribution in [0.2, 0.25) is 0 Å². The summed E-state index contributed by atoms with van der Waals surface area (Å²) in [5, 5.41) is 12.2. The van der Waals surface area contributed by atoms with Crippen LogP contribution >= 0.6 is 0 Å². The highest BCUT2D eigenvalue weighted by Crippen LogP contribution is 2.24. The normalized spacial score (nSPS) is 11.1. The lowest BCUT2D eigenvalue weighted by Crippen LogP contribution is -2.17. The van der Waals surface area contributed by atoms with Crippen molar-refractivity contribution in [3.8, 4) is 5.75 Å². The number of aryl methyl sites for hydroxylation is 1. The number of phenols is 1. The van der Waals surface area contributed by atoms with Crippen molar-refractivity contribution in [2.24, 2.45) is 0 Å². The topological polar surface area (TPSA) is 83.5 Å². The summed E-state index contributed by atoms with van der Waals surface area (Å²) in [4.78, 5) is 12.0. The van der Waals surface area contributed by atoms with Crippen LogP contribution in [0.3, 0.4) is 0 Å². The summed E-state index contributed by atoms with van der Waals surface area (Å²) in [6, 6.07) is 12.8. The zero-order valence-corrected chi connectivity index (χ0v) is 12.9. The molecule has 116 valence electrons. The number of hydrogen-bond acceptors (Lipinski definition) is 4. The number of rotatable bonds is 5. The Morgan fingerprint density at radius 1 is 1.14 bits per heavy atom. The third-order valence-corrected chi connectivity index (χ3v) is 4.86. The number of hydrogen-bond donors (Lipinski definition) is 2. The van der Waals surface area contributed by atoms with E-state index in [1.807, 2.05) is 6.92 Å². The Hall–Kier alpha value is -2.34. The standard InChI is InChI=1S/C16H17NO4S/c1-12-7-8-14(15(18)11-12)17-16(19)9-10-22(20,21)13-5-3-2-4-6-13/h2-8,11,18H,9-10H2,1H3,(H,17,19). The molecule has 0 heterocycles. The van der Waals surface area contributed by atoms with Gasteiger partial charge in [0.05, 0.1) is 16.3 Å². The fourth-order valence-electron chi connectivity index (χ4n) is 1.93. The fourth-order valence-corrected chi connectivity index (χ4v) is 3.19. The molecule has 2 rings (SSSR count). The predicted octanol–water partition coefficient (Wildman–Crippen LogP) is 2.50. The highest BCUT2D eigenvalue weighted by molar-refractivity contribution is 7.91. The third kappa shape index (κ3) is 4.08. The molecular formula is C16H17NO4S. The van der Waals surface area contributed by atoms with Gasteiger partial charge >= 0.3 is 0 Å². The van der Waals surface area contributed by atoms with Gasteiger partial charge in [-0.2, -0.15) is 0 Å². The molecule has 0 unspecified atom stereocenters. The average Bonchev–Trinajstić information content (AvgIpc) is 2.49. The number of aromatic hydroxyl groups is 1. The summed E-state index contributed by atoms with van der Waals surface area (Å²) >= 11 is 0. The number of carbonyl (C=O) groups is 1. The van der Waals surface area contributed by atoms with E-state index in [0.717, 1.165) is 5.56 Å². The first-order valence-electron chi connectivity index (χ1n) is 6.76. The molecule has 0 saturated heterocycles. The number of carbonyl (C=O) groups excluding carboxylic acids is 1. The maximum Gasteiger partial charge on any atom is 0.225 e. The maximum absolute atomic E-state index is 12.1. The molecule has 6 heteroatoms. The van der Waals surface area contributed by atoms with E-state index in [-0.39, 0.29) is 28.5 Å². The summed E-state index contributed by atoms with van der Waals surface area (Å²) < 4.78 is 24.1. The predicted molar refractivity (Wildman–Crippen MR) is 84.6 cm³/mol. The van der Waals surface area contributed by atoms with E-state index in [4.69, 9.17) is 0 Å². The van der Waals surface area contributed by atoms with Gasteiger partial charge in [0.15, 0.2) is 9.84 Å². The van der Waals surface area contributed by atoms with Crippen molar-refractivity contribution in [1.82, 2.24) is 0 Å². The third-order valence-electron chi connectivity index (χ3n) is 3.13. The lowest BCUT2D eigenvalue weighted by Gasteiger charge is -2.08. The Balaban J connectivity index is 1.98. The first-order valence-corrected chi connectivity index (χ1v) is 8.41. The molecule has 0 fully saturated rings. The van der Waals surface area contributed by atoms with Crippen molar-refractivity contribution in [3.63, 3.8) is 0 Å². The van der Waals surface area contributed by atoms with Crippen LogP contribution in [0.1, 0.15) is 12.0 Å². The monoisotopic (exact) mass is 319 g/mol. The summed E-state index contributed by atoms with van der Waals surface area (Å²) in [5.74, 6) is -0.784. The first-order chi connectivity index (χ1) is 10.4. The van der Waals surface area contributed by atoms with Crippen LogP contribution < -0.4 is 5.32 Å². The largest absolute Gasteiger partial charge is 0.506 e. The molecule has 0 bridgehead atoms. The second-order valence-electron chi connectivity index (χ2n) is 4.95. The average molecular weight is 319 g/mol. The van der Waals surface area contributed by atoms with Crippen LogP contribution in [0.25, 0.3) is 0 Å². The van der Waals surface area contributed by atoms with Gasteiger partial charge in [0.1, 0.15) is 5.75 Å². The number of benzene rings is 2. The van der Waals surface area contributed by atoms with Crippen molar-refractivity contribution in [2.75, 3.05) is 11.1 Å². The highest BCUT2D eigenvalue weighted by atomic mass is 32.2. The summed E-state index contributed by atoms with van der Waals surface area (Å²) in [6.45, 7) is 1.82. The van der Waals surface area contributed by atoms with E-state index >= 15 is 0 Å². The van der Waals surface area contributed by atoms with Gasteiger partial charge in [0.25, 0.3) is 0 Å². The second-order valence-corrected chi connectivity index (χ2v) is 7.06. The molecule has 2 aromatic rings. The van der Waals surface area contributed by atoms with Crippen molar-refractivity contribution in [2.45, 2.75) is 18.2 Å². The lowest BCUT2D eigenvalue weighted by molar-refractivity contribution is -0.115. The Labute approximate surface area is 129 Å². The molecule has 0 atom stereocenters. The highest BCUT2D eigenvalue weighted by Gasteiger charge is 2.16. The molecule has 0 aliphatic carbocycles. The van der Waals surface area contributed by atoms with Crippen LogP contribution in [-0.2, 0) is 14.6 Å². The van der Waals surface area contributed by atoms with Gasteiger partial charge in [-0.3, -0.25) is 4.79 Å². The van der Waals surface area contributed by atoms with Crippen molar-refractivity contribution < 1.29 is 18.3 Å². The number of anilines is 1. The molecule has 0 aromatic heterocycles. The van der Waals surface area contributed by atoms with Crippen LogP contribution in [0, 0.1) is 6.92 Å². The molecule has 0 spiro atoms. The van der Waals surface area contributed by atoms with Crippen molar-refractivity contribution in [3.05, 3.63) is 54.1 Å². The SMILES string of the molecule is Cc1ccc(NC(=O)CCS(=O)(=O)c2ccccc2)c(O)c1. The van der Waals surface area contributed by atoms with Gasteiger partial charge in [-0.05, 0) is 36.8 Å². The second kappa shape index (κ2) is 6.62. The van der Waals surface area contributed by atoms with Gasteiger partial charge in [-0.1, -0.05) is 24.3 Å². The smallest absolute Gasteiger partial charge is 0.225 e. The Bertz CT molecular complexity index is 770. The number of amides is 1. The van der Waals surface area contributed by atoms with E-state index in [2.05, 4.69) is 5.32 Å². The van der Waals surface area contributed by atoms with Crippen LogP contribution in [0.15, 0.2) is 53.4 Å². The van der Waals surface area contributed by atoms with Gasteiger partial charge in [0.2, 0.25) is 5.91 Å². The van der Waals surface area contributed by atoms with E-state index in [1.54, 1.807) is 30.3 Å². The van der Waals surface area contributed by atoms with Crippen molar-refractivity contribution >= 4 is 21.4 Å². The molecule has 5 nitrogen and oxygen atoms in total. The Kier molecular flexibility index (Phi) is 4.82.